The van der Waals surface area contributed by atoms with Gasteiger partial charge in [-0.3, -0.25) is 9.59 Å². The van der Waals surface area contributed by atoms with E-state index in [0.717, 1.165) is 4.90 Å². The van der Waals surface area contributed by atoms with Crippen LogP contribution in [0.1, 0.15) is 22.3 Å². The Hall–Kier alpha value is -2.27. The maximum Gasteiger partial charge on any atom is 0.250 e. The molecule has 0 aliphatic carbocycles. The van der Waals surface area contributed by atoms with E-state index in [2.05, 4.69) is 5.32 Å². The maximum atomic E-state index is 12.0. The zero-order valence-electron chi connectivity index (χ0n) is 12.3. The minimum atomic E-state index is -0.551. The van der Waals surface area contributed by atoms with Crippen LogP contribution in [-0.4, -0.2) is 17.6 Å². The van der Waals surface area contributed by atoms with E-state index in [1.807, 2.05) is 31.2 Å². The maximum absolute atomic E-state index is 12.0. The Balaban J connectivity index is 1.86. The highest BCUT2D eigenvalue weighted by molar-refractivity contribution is 7.99. The minimum Gasteiger partial charge on any atom is -0.366 e. The summed E-state index contributed by atoms with van der Waals surface area (Å²) < 4.78 is 0. The molecule has 4 nitrogen and oxygen atoms in total. The van der Waals surface area contributed by atoms with Crippen molar-refractivity contribution in [3.05, 3.63) is 59.7 Å². The lowest BCUT2D eigenvalue weighted by atomic mass is 10.1. The van der Waals surface area contributed by atoms with Crippen LogP contribution in [-0.2, 0) is 4.79 Å². The van der Waals surface area contributed by atoms with Crippen molar-refractivity contribution in [2.45, 2.75) is 18.2 Å². The van der Waals surface area contributed by atoms with Crippen LogP contribution in [0, 0.1) is 6.92 Å². The molecule has 114 valence electrons. The van der Waals surface area contributed by atoms with E-state index in [0.29, 0.717) is 23.4 Å². The van der Waals surface area contributed by atoms with Crippen molar-refractivity contribution in [3.63, 3.8) is 0 Å². The van der Waals surface area contributed by atoms with Crippen molar-refractivity contribution in [1.82, 2.24) is 0 Å². The van der Waals surface area contributed by atoms with Gasteiger partial charge in [-0.15, -0.1) is 11.8 Å². The smallest absolute Gasteiger partial charge is 0.250 e. The van der Waals surface area contributed by atoms with Crippen molar-refractivity contribution < 1.29 is 9.59 Å². The van der Waals surface area contributed by atoms with Crippen molar-refractivity contribution >= 4 is 29.3 Å². The van der Waals surface area contributed by atoms with Gasteiger partial charge in [-0.25, -0.2) is 0 Å². The van der Waals surface area contributed by atoms with Gasteiger partial charge in [0.15, 0.2) is 0 Å². The lowest BCUT2D eigenvalue weighted by Gasteiger charge is -2.08. The number of nitrogens with two attached hydrogens (primary N) is 1. The number of hydrogen-bond donors (Lipinski definition) is 2. The summed E-state index contributed by atoms with van der Waals surface area (Å²) in [5, 5.41) is 2.73. The number of carbonyl (C=O) groups is 2. The number of aryl methyl sites for hydroxylation is 1. The Labute approximate surface area is 134 Å². The average molecular weight is 314 g/mol. The molecule has 2 aromatic carbocycles. The fraction of sp³-hybridized carbons (Fsp3) is 0.176. The Morgan fingerprint density at radius 1 is 1.09 bits per heavy atom. The second-order valence-corrected chi connectivity index (χ2v) is 6.04. The van der Waals surface area contributed by atoms with Gasteiger partial charge in [-0.2, -0.15) is 0 Å². The van der Waals surface area contributed by atoms with E-state index < -0.39 is 5.91 Å². The van der Waals surface area contributed by atoms with Gasteiger partial charge in [0.25, 0.3) is 5.91 Å². The molecule has 0 unspecified atom stereocenters. The molecule has 3 N–H and O–H groups in total. The predicted molar refractivity (Wildman–Crippen MR) is 90.1 cm³/mol. The topological polar surface area (TPSA) is 72.2 Å². The lowest BCUT2D eigenvalue weighted by Crippen LogP contribution is -2.18. The molecular formula is C17H18N2O2S. The van der Waals surface area contributed by atoms with E-state index in [1.54, 1.807) is 36.0 Å². The van der Waals surface area contributed by atoms with Crippen LogP contribution in [0.4, 0.5) is 5.69 Å². The third-order valence-corrected chi connectivity index (χ3v) is 4.10. The Morgan fingerprint density at radius 2 is 1.77 bits per heavy atom. The third-order valence-electron chi connectivity index (χ3n) is 3.09. The summed E-state index contributed by atoms with van der Waals surface area (Å²) in [6.45, 7) is 2.04. The molecule has 2 amide bonds. The molecule has 2 rings (SSSR count). The molecule has 0 spiro atoms. The molecule has 0 aliphatic heterocycles. The zero-order valence-corrected chi connectivity index (χ0v) is 13.2. The zero-order chi connectivity index (χ0) is 15.9. The quantitative estimate of drug-likeness (QED) is 0.804. The number of rotatable bonds is 6. The Morgan fingerprint density at radius 3 is 2.45 bits per heavy atom. The van der Waals surface area contributed by atoms with Crippen LogP contribution in [0.2, 0.25) is 0 Å². The fourth-order valence-electron chi connectivity index (χ4n) is 1.92. The molecular weight excluding hydrogens is 296 g/mol. The molecule has 5 heteroatoms. The highest BCUT2D eigenvalue weighted by Crippen LogP contribution is 2.20. The van der Waals surface area contributed by atoms with Gasteiger partial charge in [-0.05, 0) is 31.2 Å². The number of benzene rings is 2. The lowest BCUT2D eigenvalue weighted by molar-refractivity contribution is -0.115. The van der Waals surface area contributed by atoms with Gasteiger partial charge in [0.2, 0.25) is 5.91 Å². The van der Waals surface area contributed by atoms with Gasteiger partial charge in [0.05, 0.1) is 11.3 Å². The first-order valence-corrected chi connectivity index (χ1v) is 7.93. The first-order valence-electron chi connectivity index (χ1n) is 6.94. The summed E-state index contributed by atoms with van der Waals surface area (Å²) in [5.74, 6) is -0.00794. The summed E-state index contributed by atoms with van der Waals surface area (Å²) in [5.41, 5.74) is 7.28. The second-order valence-electron chi connectivity index (χ2n) is 4.87. The van der Waals surface area contributed by atoms with Crippen LogP contribution >= 0.6 is 11.8 Å². The third kappa shape index (κ3) is 4.63. The number of nitrogens with one attached hydrogen (secondary N) is 1. The molecule has 0 aromatic heterocycles. The summed E-state index contributed by atoms with van der Waals surface area (Å²) in [4.78, 5) is 24.4. The van der Waals surface area contributed by atoms with Gasteiger partial charge in [0, 0.05) is 17.1 Å². The predicted octanol–water partition coefficient (Wildman–Crippen LogP) is 3.21. The first-order chi connectivity index (χ1) is 10.6. The fourth-order valence-corrected chi connectivity index (χ4v) is 2.77. The first kappa shape index (κ1) is 16.1. The van der Waals surface area contributed by atoms with Crippen molar-refractivity contribution in [2.75, 3.05) is 11.1 Å². The molecule has 0 saturated carbocycles. The number of anilines is 1. The monoisotopic (exact) mass is 314 g/mol. The number of primary amides is 1. The van der Waals surface area contributed by atoms with E-state index >= 15 is 0 Å². The molecule has 0 bridgehead atoms. The van der Waals surface area contributed by atoms with Crippen LogP contribution < -0.4 is 11.1 Å². The number of amides is 2. The summed E-state index contributed by atoms with van der Waals surface area (Å²) >= 11 is 1.63. The number of para-hydroxylation sites is 1. The van der Waals surface area contributed by atoms with Crippen LogP contribution in [0.5, 0.6) is 0 Å². The summed E-state index contributed by atoms with van der Waals surface area (Å²) in [7, 11) is 0. The van der Waals surface area contributed by atoms with Crippen molar-refractivity contribution in [1.29, 1.82) is 0 Å². The van der Waals surface area contributed by atoms with E-state index in [-0.39, 0.29) is 5.91 Å². The molecule has 0 saturated heterocycles. The van der Waals surface area contributed by atoms with Crippen molar-refractivity contribution in [2.24, 2.45) is 5.73 Å². The largest absolute Gasteiger partial charge is 0.366 e. The normalized spacial score (nSPS) is 10.2. The molecule has 0 atom stereocenters. The second kappa shape index (κ2) is 7.66. The molecule has 0 radical (unpaired) electrons. The van der Waals surface area contributed by atoms with Crippen LogP contribution in [0.15, 0.2) is 53.4 Å². The van der Waals surface area contributed by atoms with E-state index in [4.69, 9.17) is 5.73 Å². The number of carbonyl (C=O) groups excluding carboxylic acids is 2. The molecule has 0 aliphatic rings. The number of thioether (sulfide) groups is 1. The SMILES string of the molecule is Cc1ccc(SCCC(=O)Nc2ccccc2C(N)=O)cc1. The molecule has 22 heavy (non-hydrogen) atoms. The minimum absolute atomic E-state index is 0.131. The summed E-state index contributed by atoms with van der Waals surface area (Å²) in [6, 6.07) is 14.9. The highest BCUT2D eigenvalue weighted by Gasteiger charge is 2.10. The Kier molecular flexibility index (Phi) is 5.61. The van der Waals surface area contributed by atoms with Gasteiger partial charge in [-0.1, -0.05) is 29.8 Å². The molecule has 0 fully saturated rings. The van der Waals surface area contributed by atoms with E-state index in [1.165, 1.54) is 5.56 Å². The molecule has 2 aromatic rings. The number of hydrogen-bond acceptors (Lipinski definition) is 3. The van der Waals surface area contributed by atoms with Crippen LogP contribution in [0.3, 0.4) is 0 Å². The van der Waals surface area contributed by atoms with Crippen LogP contribution in [0.25, 0.3) is 0 Å². The average Bonchev–Trinajstić information content (AvgIpc) is 2.49. The Bertz CT molecular complexity index is 669. The van der Waals surface area contributed by atoms with Gasteiger partial charge in [0.1, 0.15) is 0 Å². The highest BCUT2D eigenvalue weighted by atomic mass is 32.2. The summed E-state index contributed by atoms with van der Waals surface area (Å²) in [6.07, 6.45) is 0.367. The van der Waals surface area contributed by atoms with Gasteiger partial charge >= 0.3 is 0 Å². The standard InChI is InChI=1S/C17H18N2O2S/c1-12-6-8-13(9-7-12)22-11-10-16(20)19-15-5-3-2-4-14(15)17(18)21/h2-9H,10-11H2,1H3,(H2,18,21)(H,19,20). The molecule has 0 heterocycles. The van der Waals surface area contributed by atoms with E-state index in [9.17, 15) is 9.59 Å². The van der Waals surface area contributed by atoms with Crippen molar-refractivity contribution in [3.8, 4) is 0 Å². The van der Waals surface area contributed by atoms with Gasteiger partial charge < -0.3 is 11.1 Å².